The highest BCUT2D eigenvalue weighted by Crippen LogP contribution is 2.42. The second-order valence-electron chi connectivity index (χ2n) is 5.04. The van der Waals surface area contributed by atoms with Gasteiger partial charge in [-0.2, -0.15) is 0 Å². The van der Waals surface area contributed by atoms with Crippen molar-refractivity contribution in [2.24, 2.45) is 0 Å². The van der Waals surface area contributed by atoms with Gasteiger partial charge in [0.25, 0.3) is 0 Å². The van der Waals surface area contributed by atoms with Crippen LogP contribution in [0.2, 0.25) is 0 Å². The van der Waals surface area contributed by atoms with Gasteiger partial charge >= 0.3 is 5.79 Å². The molecular formula is C18H16O5. The highest BCUT2D eigenvalue weighted by atomic mass is 16.7. The summed E-state index contributed by atoms with van der Waals surface area (Å²) in [6.45, 7) is 0. The van der Waals surface area contributed by atoms with E-state index in [9.17, 15) is 9.90 Å². The monoisotopic (exact) mass is 312 g/mol. The van der Waals surface area contributed by atoms with Crippen molar-refractivity contribution in [1.82, 2.24) is 0 Å². The Bertz CT molecular complexity index is 763. The van der Waals surface area contributed by atoms with Crippen LogP contribution in [0, 0.1) is 0 Å². The predicted octanol–water partition coefficient (Wildman–Crippen LogP) is 2.84. The van der Waals surface area contributed by atoms with E-state index in [1.54, 1.807) is 49.6 Å². The van der Waals surface area contributed by atoms with Gasteiger partial charge in [0.1, 0.15) is 17.3 Å². The Balaban J connectivity index is 1.98. The first kappa shape index (κ1) is 15.1. The maximum Gasteiger partial charge on any atom is 0.305 e. The molecule has 2 aromatic carbocycles. The van der Waals surface area contributed by atoms with E-state index >= 15 is 0 Å². The predicted molar refractivity (Wildman–Crippen MR) is 83.9 cm³/mol. The van der Waals surface area contributed by atoms with Crippen molar-refractivity contribution < 1.29 is 24.1 Å². The molecule has 0 fully saturated rings. The van der Waals surface area contributed by atoms with Crippen molar-refractivity contribution in [3.05, 3.63) is 65.7 Å². The fraction of sp³-hybridized carbons (Fsp3) is 0.167. The summed E-state index contributed by atoms with van der Waals surface area (Å²) in [5.41, 5.74) is 0.987. The smallest absolute Gasteiger partial charge is 0.305 e. The lowest BCUT2D eigenvalue weighted by Gasteiger charge is -2.27. The van der Waals surface area contributed by atoms with E-state index in [2.05, 4.69) is 0 Å². The van der Waals surface area contributed by atoms with E-state index in [0.717, 1.165) is 0 Å². The Hall–Kier alpha value is -2.79. The van der Waals surface area contributed by atoms with Gasteiger partial charge in [0.05, 0.1) is 12.7 Å². The van der Waals surface area contributed by atoms with Gasteiger partial charge in [-0.3, -0.25) is 4.79 Å². The average molecular weight is 312 g/mol. The summed E-state index contributed by atoms with van der Waals surface area (Å²) in [5, 5.41) is 10.1. The number of phenols is 1. The average Bonchev–Trinajstić information content (AvgIpc) is 2.93. The lowest BCUT2D eigenvalue weighted by molar-refractivity contribution is -0.186. The molecule has 5 nitrogen and oxygen atoms in total. The van der Waals surface area contributed by atoms with Crippen molar-refractivity contribution >= 4 is 11.5 Å². The van der Waals surface area contributed by atoms with E-state index in [4.69, 9.17) is 14.2 Å². The number of benzene rings is 2. The van der Waals surface area contributed by atoms with Crippen LogP contribution in [0.5, 0.6) is 11.5 Å². The van der Waals surface area contributed by atoms with E-state index in [1.807, 2.05) is 0 Å². The second-order valence-corrected chi connectivity index (χ2v) is 5.04. The third kappa shape index (κ3) is 2.45. The minimum Gasteiger partial charge on any atom is -0.507 e. The maximum absolute atomic E-state index is 12.5. The molecule has 0 aromatic heterocycles. The first-order chi connectivity index (χ1) is 11.1. The molecule has 0 bridgehead atoms. The molecule has 2 aromatic rings. The third-order valence-corrected chi connectivity index (χ3v) is 3.76. The fourth-order valence-corrected chi connectivity index (χ4v) is 2.54. The van der Waals surface area contributed by atoms with Gasteiger partial charge in [-0.25, -0.2) is 0 Å². The topological polar surface area (TPSA) is 65.0 Å². The number of rotatable bonds is 4. The number of hydrogen-bond acceptors (Lipinski definition) is 5. The number of ether oxygens (including phenoxy) is 3. The number of aromatic hydroxyl groups is 1. The van der Waals surface area contributed by atoms with E-state index < -0.39 is 5.79 Å². The molecule has 1 aliphatic heterocycles. The largest absolute Gasteiger partial charge is 0.507 e. The standard InChI is InChI=1S/C18H16O5/c1-21-13-9-7-12(8-10-13)16-11-17(20)18(22-2,23-16)14-5-3-4-6-15(14)19/h3-11,19H,1-2H3. The van der Waals surface area contributed by atoms with E-state index in [-0.39, 0.29) is 17.1 Å². The molecule has 23 heavy (non-hydrogen) atoms. The molecule has 1 heterocycles. The van der Waals surface area contributed by atoms with Crippen LogP contribution < -0.4 is 4.74 Å². The van der Waals surface area contributed by atoms with Gasteiger partial charge in [0, 0.05) is 18.7 Å². The summed E-state index contributed by atoms with van der Waals surface area (Å²) in [5.74, 6) is -1.03. The van der Waals surface area contributed by atoms with Crippen LogP contribution in [-0.4, -0.2) is 25.1 Å². The Morgan fingerprint density at radius 3 is 2.35 bits per heavy atom. The molecule has 0 radical (unpaired) electrons. The van der Waals surface area contributed by atoms with Crippen LogP contribution in [-0.2, 0) is 20.1 Å². The van der Waals surface area contributed by atoms with Crippen molar-refractivity contribution in [3.8, 4) is 11.5 Å². The molecule has 1 unspecified atom stereocenters. The van der Waals surface area contributed by atoms with Crippen LogP contribution in [0.4, 0.5) is 0 Å². The SMILES string of the molecule is COc1ccc(C2=CC(=O)C(OC)(c3ccccc3O)O2)cc1. The molecule has 0 saturated carbocycles. The number of ketones is 1. The highest BCUT2D eigenvalue weighted by molar-refractivity contribution is 6.05. The number of carbonyl (C=O) groups is 1. The van der Waals surface area contributed by atoms with Crippen molar-refractivity contribution in [1.29, 1.82) is 0 Å². The van der Waals surface area contributed by atoms with Gasteiger partial charge in [-0.1, -0.05) is 12.1 Å². The number of carbonyl (C=O) groups excluding carboxylic acids is 1. The summed E-state index contributed by atoms with van der Waals surface area (Å²) < 4.78 is 16.3. The first-order valence-electron chi connectivity index (χ1n) is 7.04. The number of hydrogen-bond donors (Lipinski definition) is 1. The van der Waals surface area contributed by atoms with Crippen LogP contribution in [0.1, 0.15) is 11.1 Å². The molecule has 3 rings (SSSR count). The zero-order chi connectivity index (χ0) is 16.4. The van der Waals surface area contributed by atoms with E-state index in [1.165, 1.54) is 19.3 Å². The van der Waals surface area contributed by atoms with Gasteiger partial charge in [0.15, 0.2) is 0 Å². The Morgan fingerprint density at radius 2 is 1.74 bits per heavy atom. The zero-order valence-electron chi connectivity index (χ0n) is 12.8. The lowest BCUT2D eigenvalue weighted by atomic mass is 10.0. The lowest BCUT2D eigenvalue weighted by Crippen LogP contribution is -2.35. The Labute approximate surface area is 133 Å². The number of phenolic OH excluding ortho intramolecular Hbond substituents is 1. The molecule has 1 atom stereocenters. The van der Waals surface area contributed by atoms with Crippen LogP contribution >= 0.6 is 0 Å². The van der Waals surface area contributed by atoms with Crippen LogP contribution in [0.15, 0.2) is 54.6 Å². The normalized spacial score (nSPS) is 20.1. The summed E-state index contributed by atoms with van der Waals surface area (Å²) in [7, 11) is 2.95. The summed E-state index contributed by atoms with van der Waals surface area (Å²) >= 11 is 0. The van der Waals surface area contributed by atoms with Gasteiger partial charge < -0.3 is 19.3 Å². The molecule has 0 amide bonds. The molecule has 5 heteroatoms. The Morgan fingerprint density at radius 1 is 1.04 bits per heavy atom. The van der Waals surface area contributed by atoms with Gasteiger partial charge in [-0.15, -0.1) is 0 Å². The van der Waals surface area contributed by atoms with E-state index in [0.29, 0.717) is 17.1 Å². The quantitative estimate of drug-likeness (QED) is 0.940. The van der Waals surface area contributed by atoms with Crippen molar-refractivity contribution in [2.45, 2.75) is 5.79 Å². The summed E-state index contributed by atoms with van der Waals surface area (Å²) in [4.78, 5) is 12.5. The summed E-state index contributed by atoms with van der Waals surface area (Å²) in [6.07, 6.45) is 1.37. The van der Waals surface area contributed by atoms with Crippen LogP contribution in [0.3, 0.4) is 0 Å². The molecule has 0 aliphatic carbocycles. The van der Waals surface area contributed by atoms with Crippen molar-refractivity contribution in [3.63, 3.8) is 0 Å². The molecule has 0 spiro atoms. The molecular weight excluding hydrogens is 296 g/mol. The molecule has 118 valence electrons. The fourth-order valence-electron chi connectivity index (χ4n) is 2.54. The van der Waals surface area contributed by atoms with Crippen molar-refractivity contribution in [2.75, 3.05) is 14.2 Å². The van der Waals surface area contributed by atoms with Gasteiger partial charge in [0.2, 0.25) is 5.78 Å². The molecule has 1 N–H and O–H groups in total. The molecule has 1 aliphatic rings. The molecule has 0 saturated heterocycles. The highest BCUT2D eigenvalue weighted by Gasteiger charge is 2.49. The second kappa shape index (κ2) is 5.78. The zero-order valence-corrected chi connectivity index (χ0v) is 12.8. The number of methoxy groups -OCH3 is 2. The number of para-hydroxylation sites is 1. The maximum atomic E-state index is 12.5. The first-order valence-corrected chi connectivity index (χ1v) is 7.04. The minimum atomic E-state index is -1.67. The third-order valence-electron chi connectivity index (χ3n) is 3.76. The van der Waals surface area contributed by atoms with Gasteiger partial charge in [-0.05, 0) is 36.4 Å². The van der Waals surface area contributed by atoms with Crippen LogP contribution in [0.25, 0.3) is 5.76 Å². The minimum absolute atomic E-state index is 0.0629. The Kier molecular flexibility index (Phi) is 3.80. The summed E-state index contributed by atoms with van der Waals surface area (Å²) in [6, 6.07) is 13.6.